The predicted molar refractivity (Wildman–Crippen MR) is 230 cm³/mol. The molecule has 8 rings (SSSR count). The summed E-state index contributed by atoms with van der Waals surface area (Å²) in [4.78, 5) is 14.9. The zero-order valence-corrected chi connectivity index (χ0v) is 39.1. The molecule has 3 heterocycles. The molecule has 24 atom stereocenters. The molecule has 376 valence electrons. The van der Waals surface area contributed by atoms with E-state index in [0.717, 1.165) is 31.3 Å². The molecule has 8 aliphatic rings. The molecule has 0 spiro atoms. The van der Waals surface area contributed by atoms with Crippen molar-refractivity contribution in [2.24, 2.45) is 50.7 Å². The maximum atomic E-state index is 14.9. The molecule has 18 heteroatoms. The molecule has 0 aromatic carbocycles. The molecule has 0 aromatic heterocycles. The van der Waals surface area contributed by atoms with Gasteiger partial charge in [-0.1, -0.05) is 58.4 Å². The summed E-state index contributed by atoms with van der Waals surface area (Å²) in [5.74, 6) is -0.378. The average Bonchev–Trinajstić information content (AvgIpc) is 3.68. The first-order valence-corrected chi connectivity index (χ1v) is 24.1. The minimum Gasteiger partial charge on any atom is -0.432 e. The fourth-order valence-corrected chi connectivity index (χ4v) is 15.0. The summed E-state index contributed by atoms with van der Waals surface area (Å²) in [7, 11) is 0. The van der Waals surface area contributed by atoms with Crippen molar-refractivity contribution in [3.8, 4) is 0 Å². The third-order valence-electron chi connectivity index (χ3n) is 19.1. The fourth-order valence-electron chi connectivity index (χ4n) is 15.0. The molecule has 0 amide bonds. The number of rotatable bonds is 10. The lowest BCUT2D eigenvalue weighted by atomic mass is 9.34. The van der Waals surface area contributed by atoms with Crippen LogP contribution in [0.15, 0.2) is 23.8 Å². The van der Waals surface area contributed by atoms with Gasteiger partial charge in [0.1, 0.15) is 73.2 Å². The van der Waals surface area contributed by atoms with Crippen LogP contribution in [0.3, 0.4) is 0 Å². The largest absolute Gasteiger partial charge is 0.432 e. The van der Waals surface area contributed by atoms with Crippen molar-refractivity contribution in [3.05, 3.63) is 23.8 Å². The second-order valence-electron chi connectivity index (χ2n) is 22.6. The molecule has 3 aliphatic heterocycles. The van der Waals surface area contributed by atoms with Crippen LogP contribution in [0, 0.1) is 50.7 Å². The third kappa shape index (κ3) is 7.71. The first-order valence-electron chi connectivity index (χ1n) is 24.1. The van der Waals surface area contributed by atoms with Crippen molar-refractivity contribution in [1.29, 1.82) is 0 Å². The van der Waals surface area contributed by atoms with Crippen molar-refractivity contribution in [1.82, 2.24) is 0 Å². The summed E-state index contributed by atoms with van der Waals surface area (Å²) in [5.41, 5.74) is 0.212. The summed E-state index contributed by atoms with van der Waals surface area (Å²) in [5, 5.41) is 115. The summed E-state index contributed by atoms with van der Waals surface area (Å²) in [6, 6.07) is 0. The number of fused-ring (bicyclic) bond motifs is 7. The van der Waals surface area contributed by atoms with Gasteiger partial charge in [-0.05, 0) is 104 Å². The average molecular weight is 941 g/mol. The van der Waals surface area contributed by atoms with E-state index in [-0.39, 0.29) is 51.4 Å². The quantitative estimate of drug-likeness (QED) is 0.0776. The van der Waals surface area contributed by atoms with Gasteiger partial charge >= 0.3 is 5.97 Å². The molecule has 3 saturated heterocycles. The molecule has 11 N–H and O–H groups in total. The van der Waals surface area contributed by atoms with Gasteiger partial charge in [0.05, 0.1) is 31.3 Å². The molecule has 0 unspecified atom stereocenters. The molecule has 0 bridgehead atoms. The number of carbonyl (C=O) groups is 1. The van der Waals surface area contributed by atoms with E-state index in [1.54, 1.807) is 0 Å². The highest BCUT2D eigenvalue weighted by Gasteiger charge is 2.71. The van der Waals surface area contributed by atoms with E-state index in [4.69, 9.17) is 28.4 Å². The summed E-state index contributed by atoms with van der Waals surface area (Å²) >= 11 is 0. The van der Waals surface area contributed by atoms with Gasteiger partial charge in [0.2, 0.25) is 6.29 Å². The molecular formula is C48H76O18. The summed E-state index contributed by atoms with van der Waals surface area (Å²) in [6.45, 7) is 16.2. The molecule has 4 saturated carbocycles. The normalized spacial score (nSPS) is 53.4. The van der Waals surface area contributed by atoms with Gasteiger partial charge in [0, 0.05) is 5.92 Å². The Balaban J connectivity index is 1.01. The lowest BCUT2D eigenvalue weighted by molar-refractivity contribution is -0.330. The Morgan fingerprint density at radius 2 is 1.23 bits per heavy atom. The van der Waals surface area contributed by atoms with E-state index in [1.807, 2.05) is 6.92 Å². The summed E-state index contributed by atoms with van der Waals surface area (Å²) in [6.07, 6.45) is -14.5. The first kappa shape index (κ1) is 50.7. The number of hydrogen-bond donors (Lipinski definition) is 11. The van der Waals surface area contributed by atoms with Gasteiger partial charge in [-0.25, -0.2) is 0 Å². The van der Waals surface area contributed by atoms with Crippen LogP contribution in [0.1, 0.15) is 99.3 Å². The minimum atomic E-state index is -1.82. The number of aliphatic hydroxyl groups excluding tert-OH is 11. The van der Waals surface area contributed by atoms with Crippen molar-refractivity contribution >= 4 is 5.97 Å². The van der Waals surface area contributed by atoms with Crippen molar-refractivity contribution < 1.29 is 89.4 Å². The Morgan fingerprint density at radius 3 is 1.83 bits per heavy atom. The van der Waals surface area contributed by atoms with Crippen LogP contribution in [-0.2, 0) is 33.2 Å². The maximum absolute atomic E-state index is 14.9. The molecule has 0 radical (unpaired) electrons. The number of hydrogen-bond acceptors (Lipinski definition) is 18. The zero-order chi connectivity index (χ0) is 48.2. The standard InChI is InChI=1S/C48H76O18/c1-21(2)22-10-15-48(43(60)66-42-39(59)36(56)33(53)26(64-42)20-61-40-37(57)34(54)31(51)24(18-49)62-40)17-16-46(6)23(30(22)48)8-9-28-45(5)13-12-29(44(3,4)27(45)11-14-47(28,46)7)65-41-38(58)35(55)32(52)25(19-50)63-41/h8,22,24-42,49-59H,1,9-20H2,2-7H3/t22-,24+,25+,26+,27+,28+,29+,30+,31+,32+,33+,34-,35-,36-,37+,38+,39+,40+,41-,42-,45+,46+,47+,48-/m0/s1. The van der Waals surface area contributed by atoms with Gasteiger partial charge in [-0.3, -0.25) is 4.79 Å². The van der Waals surface area contributed by atoms with E-state index in [0.29, 0.717) is 32.1 Å². The second-order valence-corrected chi connectivity index (χ2v) is 22.6. The highest BCUT2D eigenvalue weighted by atomic mass is 16.7. The molecule has 66 heavy (non-hydrogen) atoms. The Hall–Kier alpha value is -1.69. The molecule has 0 aromatic rings. The summed E-state index contributed by atoms with van der Waals surface area (Å²) < 4.78 is 35.4. The maximum Gasteiger partial charge on any atom is 0.315 e. The fraction of sp³-hybridized carbons (Fsp3) is 0.896. The molecule has 5 aliphatic carbocycles. The van der Waals surface area contributed by atoms with Crippen LogP contribution < -0.4 is 0 Å². The van der Waals surface area contributed by atoms with Crippen LogP contribution >= 0.6 is 0 Å². The van der Waals surface area contributed by atoms with Crippen LogP contribution in [0.4, 0.5) is 0 Å². The zero-order valence-electron chi connectivity index (χ0n) is 39.1. The van der Waals surface area contributed by atoms with Crippen LogP contribution in [0.25, 0.3) is 0 Å². The van der Waals surface area contributed by atoms with Crippen LogP contribution in [0.5, 0.6) is 0 Å². The number of esters is 1. The first-order chi connectivity index (χ1) is 30.9. The SMILES string of the molecule is C=C(C)[C@@H]1CC[C@]2(C(=O)O[C@@H]3O[C@H](CO[C@@H]4O[C@H](CO)[C@@H](O)[C@H](O)[C@H]4O)[C@@H](O)[C@H](O)[C@H]3O)CC[C@]3(C)C(=CC[C@@H]4[C@]5(C)CC[C@@H](O[C@@H]6O[C@H](CO)[C@@H](O)[C@H](O)[C@H]6O)C(C)(C)[C@H]5CC[C@]43C)[C@@H]12. The molecule has 18 nitrogen and oxygen atoms in total. The highest BCUT2D eigenvalue weighted by Crippen LogP contribution is 2.76. The number of carbonyl (C=O) groups excluding carboxylic acids is 1. The number of aliphatic hydroxyl groups is 11. The topological polar surface area (TPSA) is 295 Å². The number of allylic oxidation sites excluding steroid dienone is 3. The van der Waals surface area contributed by atoms with Gasteiger partial charge in [0.25, 0.3) is 0 Å². The third-order valence-corrected chi connectivity index (χ3v) is 19.1. The van der Waals surface area contributed by atoms with E-state index in [1.165, 1.54) is 5.57 Å². The Kier molecular flexibility index (Phi) is 14.0. The Labute approximate surface area is 386 Å². The van der Waals surface area contributed by atoms with Gasteiger partial charge < -0.3 is 84.6 Å². The second kappa shape index (κ2) is 18.2. The Bertz CT molecular complexity index is 1830. The van der Waals surface area contributed by atoms with Crippen molar-refractivity contribution in [2.45, 2.75) is 198 Å². The van der Waals surface area contributed by atoms with E-state index in [9.17, 15) is 61.0 Å². The van der Waals surface area contributed by atoms with Crippen LogP contribution in [0.2, 0.25) is 0 Å². The highest BCUT2D eigenvalue weighted by molar-refractivity contribution is 5.79. The smallest absolute Gasteiger partial charge is 0.315 e. The molecular weight excluding hydrogens is 865 g/mol. The monoisotopic (exact) mass is 941 g/mol. The van der Waals surface area contributed by atoms with Gasteiger partial charge in [-0.2, -0.15) is 0 Å². The Morgan fingerprint density at radius 1 is 0.667 bits per heavy atom. The number of ether oxygens (including phenoxy) is 6. The lowest BCUT2D eigenvalue weighted by Crippen LogP contribution is -2.66. The van der Waals surface area contributed by atoms with Crippen molar-refractivity contribution in [3.63, 3.8) is 0 Å². The minimum absolute atomic E-state index is 0.0336. The van der Waals surface area contributed by atoms with E-state index >= 15 is 0 Å². The van der Waals surface area contributed by atoms with Crippen LogP contribution in [-0.4, -0.2) is 180 Å². The predicted octanol–water partition coefficient (Wildman–Crippen LogP) is -0.0835. The lowest BCUT2D eigenvalue weighted by Gasteiger charge is -2.70. The van der Waals surface area contributed by atoms with E-state index in [2.05, 4.69) is 47.3 Å². The van der Waals surface area contributed by atoms with Gasteiger partial charge in [-0.15, -0.1) is 0 Å². The van der Waals surface area contributed by atoms with E-state index < -0.39 is 123 Å². The molecule has 7 fully saturated rings. The van der Waals surface area contributed by atoms with Gasteiger partial charge in [0.15, 0.2) is 12.6 Å². The van der Waals surface area contributed by atoms with Crippen molar-refractivity contribution in [2.75, 3.05) is 19.8 Å².